The number of esters is 1. The number of nitrogens with zero attached hydrogens (tertiary/aromatic N) is 2. The highest BCUT2D eigenvalue weighted by atomic mass is 79.9. The Hall–Kier alpha value is -3.01. The number of hydrogen-bond acceptors (Lipinski definition) is 7. The lowest BCUT2D eigenvalue weighted by Crippen LogP contribution is -2.43. The largest absolute Gasteiger partial charge is 0.466 e. The summed E-state index contributed by atoms with van der Waals surface area (Å²) >= 11 is 3.10. The maximum Gasteiger partial charge on any atom is 0.349 e. The van der Waals surface area contributed by atoms with Gasteiger partial charge in [0.1, 0.15) is 6.04 Å². The topological polar surface area (TPSA) is 121 Å². The van der Waals surface area contributed by atoms with E-state index in [0.29, 0.717) is 10.0 Å². The van der Waals surface area contributed by atoms with Gasteiger partial charge in [0.2, 0.25) is 12.0 Å². The molecule has 9 nitrogen and oxygen atoms in total. The van der Waals surface area contributed by atoms with Gasteiger partial charge in [-0.3, -0.25) is 14.9 Å². The van der Waals surface area contributed by atoms with Crippen molar-refractivity contribution in [1.82, 2.24) is 10.3 Å². The van der Waals surface area contributed by atoms with E-state index in [9.17, 15) is 19.7 Å². The molecule has 27 heavy (non-hydrogen) atoms. The number of carbonyl (C=O) groups is 2. The third kappa shape index (κ3) is 5.23. The van der Waals surface area contributed by atoms with Crippen molar-refractivity contribution in [2.45, 2.75) is 19.1 Å². The molecule has 0 fully saturated rings. The molecule has 2 atom stereocenters. The van der Waals surface area contributed by atoms with Gasteiger partial charge in [0.15, 0.2) is 0 Å². The summed E-state index contributed by atoms with van der Waals surface area (Å²) in [4.78, 5) is 38.5. The smallest absolute Gasteiger partial charge is 0.349 e. The van der Waals surface area contributed by atoms with E-state index in [4.69, 9.17) is 9.47 Å². The number of rotatable bonds is 7. The van der Waals surface area contributed by atoms with Gasteiger partial charge >= 0.3 is 11.7 Å². The molecule has 2 aromatic rings. The van der Waals surface area contributed by atoms with Gasteiger partial charge in [-0.25, -0.2) is 9.78 Å². The fourth-order valence-electron chi connectivity index (χ4n) is 2.34. The van der Waals surface area contributed by atoms with Crippen LogP contribution in [0, 0.1) is 10.1 Å². The molecule has 0 aliphatic rings. The van der Waals surface area contributed by atoms with Crippen molar-refractivity contribution in [2.75, 3.05) is 7.11 Å². The van der Waals surface area contributed by atoms with Crippen molar-refractivity contribution in [1.29, 1.82) is 0 Å². The van der Waals surface area contributed by atoms with Crippen LogP contribution in [0.1, 0.15) is 18.5 Å². The van der Waals surface area contributed by atoms with E-state index in [-0.39, 0.29) is 5.88 Å². The zero-order chi connectivity index (χ0) is 20.0. The molecule has 1 amide bonds. The summed E-state index contributed by atoms with van der Waals surface area (Å²) in [6.45, 7) is 1.28. The first-order valence-corrected chi connectivity index (χ1v) is 8.49. The van der Waals surface area contributed by atoms with E-state index in [0.717, 1.165) is 7.11 Å². The van der Waals surface area contributed by atoms with Gasteiger partial charge in [0, 0.05) is 23.7 Å². The van der Waals surface area contributed by atoms with E-state index in [1.54, 1.807) is 30.3 Å². The molecular formula is C17H16BrN3O6. The molecule has 0 aliphatic carbocycles. The van der Waals surface area contributed by atoms with E-state index in [2.05, 4.69) is 26.2 Å². The molecule has 1 heterocycles. The highest BCUT2D eigenvalue weighted by Crippen LogP contribution is 2.30. The average molecular weight is 438 g/mol. The van der Waals surface area contributed by atoms with Crippen LogP contribution >= 0.6 is 15.9 Å². The van der Waals surface area contributed by atoms with E-state index < -0.39 is 34.6 Å². The minimum atomic E-state index is -1.39. The number of nitrogens with one attached hydrogen (secondary N) is 1. The van der Waals surface area contributed by atoms with Gasteiger partial charge in [0.05, 0.1) is 12.0 Å². The first-order chi connectivity index (χ1) is 12.8. The highest BCUT2D eigenvalue weighted by molar-refractivity contribution is 9.10. The molecule has 0 unspecified atom stereocenters. The summed E-state index contributed by atoms with van der Waals surface area (Å²) in [6, 6.07) is 8.83. The lowest BCUT2D eigenvalue weighted by atomic mass is 10.0. The van der Waals surface area contributed by atoms with Crippen LogP contribution in [0.4, 0.5) is 5.69 Å². The molecule has 0 spiro atoms. The molecule has 1 aromatic carbocycles. The van der Waals surface area contributed by atoms with Gasteiger partial charge in [0.25, 0.3) is 5.88 Å². The quantitative estimate of drug-likeness (QED) is 0.401. The number of amides is 1. The predicted molar refractivity (Wildman–Crippen MR) is 98.0 cm³/mol. The zero-order valence-corrected chi connectivity index (χ0v) is 16.0. The Morgan fingerprint density at radius 2 is 1.96 bits per heavy atom. The molecule has 0 radical (unpaired) electrons. The number of ether oxygens (including phenoxy) is 2. The molecule has 10 heteroatoms. The molecule has 1 N–H and O–H groups in total. The van der Waals surface area contributed by atoms with Gasteiger partial charge in [-0.05, 0) is 21.5 Å². The van der Waals surface area contributed by atoms with E-state index >= 15 is 0 Å². The molecule has 0 aliphatic heterocycles. The van der Waals surface area contributed by atoms with E-state index in [1.807, 2.05) is 0 Å². The van der Waals surface area contributed by atoms with Crippen LogP contribution in [0.25, 0.3) is 0 Å². The minimum absolute atomic E-state index is 0.370. The standard InChI is InChI=1S/C17H16BrN3O6/c1-10(22)20-14(11-6-4-3-5-7-11)15(17(23)26-2)27-16-13(21(24)25)8-12(18)9-19-16/h3-9,14-15H,1-2H3,(H,20,22)/t14-,15+/m1/s1. The Bertz CT molecular complexity index is 846. The second-order valence-corrected chi connectivity index (χ2v) is 6.30. The third-order valence-electron chi connectivity index (χ3n) is 3.49. The summed E-state index contributed by atoms with van der Waals surface area (Å²) in [5.74, 6) is -1.61. The van der Waals surface area contributed by atoms with E-state index in [1.165, 1.54) is 19.2 Å². The first kappa shape index (κ1) is 20.3. The van der Waals surface area contributed by atoms with Crippen molar-refractivity contribution in [3.05, 3.63) is 62.7 Å². The van der Waals surface area contributed by atoms with Gasteiger partial charge in [-0.1, -0.05) is 30.3 Å². The average Bonchev–Trinajstić information content (AvgIpc) is 2.65. The summed E-state index contributed by atoms with van der Waals surface area (Å²) in [6.07, 6.45) is -0.0965. The van der Waals surface area contributed by atoms with Crippen LogP contribution in [0.2, 0.25) is 0 Å². The number of aromatic nitrogens is 1. The molecule has 0 saturated heterocycles. The lowest BCUT2D eigenvalue weighted by Gasteiger charge is -2.26. The summed E-state index contributed by atoms with van der Waals surface area (Å²) in [5, 5.41) is 13.9. The third-order valence-corrected chi connectivity index (χ3v) is 3.92. The molecule has 0 bridgehead atoms. The second kappa shape index (κ2) is 9.08. The Morgan fingerprint density at radius 3 is 2.52 bits per heavy atom. The molecule has 1 aromatic heterocycles. The van der Waals surface area contributed by atoms with Gasteiger partial charge < -0.3 is 14.8 Å². The number of hydrogen-bond donors (Lipinski definition) is 1. The molecule has 0 saturated carbocycles. The minimum Gasteiger partial charge on any atom is -0.466 e. The van der Waals surface area contributed by atoms with Crippen LogP contribution in [0.5, 0.6) is 5.88 Å². The van der Waals surface area contributed by atoms with Crippen molar-refractivity contribution in [3.63, 3.8) is 0 Å². The monoisotopic (exact) mass is 437 g/mol. The molecule has 142 valence electrons. The number of carbonyl (C=O) groups excluding carboxylic acids is 2. The summed E-state index contributed by atoms with van der Waals surface area (Å²) in [5.41, 5.74) is 0.121. The fraction of sp³-hybridized carbons (Fsp3) is 0.235. The predicted octanol–water partition coefficient (Wildman–Crippen LogP) is 2.55. The summed E-state index contributed by atoms with van der Waals surface area (Å²) < 4.78 is 10.7. The normalized spacial score (nSPS) is 12.6. The maximum atomic E-state index is 12.4. The fourth-order valence-corrected chi connectivity index (χ4v) is 2.66. The lowest BCUT2D eigenvalue weighted by molar-refractivity contribution is -0.386. The number of methoxy groups -OCH3 is 1. The van der Waals surface area contributed by atoms with Crippen molar-refractivity contribution >= 4 is 33.5 Å². The Balaban J connectivity index is 2.49. The highest BCUT2D eigenvalue weighted by Gasteiger charge is 2.35. The zero-order valence-electron chi connectivity index (χ0n) is 14.4. The van der Waals surface area contributed by atoms with Crippen molar-refractivity contribution in [2.24, 2.45) is 0 Å². The van der Waals surface area contributed by atoms with Crippen LogP contribution in [-0.2, 0) is 14.3 Å². The SMILES string of the molecule is COC(=O)[C@@H](Oc1ncc(Br)cc1[N+](=O)[O-])[C@H](NC(C)=O)c1ccccc1. The Labute approximate surface area is 163 Å². The van der Waals surface area contributed by atoms with Crippen LogP contribution < -0.4 is 10.1 Å². The van der Waals surface area contributed by atoms with Crippen LogP contribution in [0.15, 0.2) is 47.1 Å². The second-order valence-electron chi connectivity index (χ2n) is 5.39. The Kier molecular flexibility index (Phi) is 6.83. The number of nitro groups is 1. The van der Waals surface area contributed by atoms with Crippen LogP contribution in [0.3, 0.4) is 0 Å². The number of pyridine rings is 1. The van der Waals surface area contributed by atoms with Crippen LogP contribution in [-0.4, -0.2) is 35.0 Å². The number of benzene rings is 1. The number of halogens is 1. The molecular weight excluding hydrogens is 422 g/mol. The first-order valence-electron chi connectivity index (χ1n) is 7.70. The Morgan fingerprint density at radius 1 is 1.30 bits per heavy atom. The van der Waals surface area contributed by atoms with Crippen molar-refractivity contribution < 1.29 is 24.0 Å². The van der Waals surface area contributed by atoms with Gasteiger partial charge in [-0.15, -0.1) is 0 Å². The summed E-state index contributed by atoms with van der Waals surface area (Å²) in [7, 11) is 1.15. The van der Waals surface area contributed by atoms with Gasteiger partial charge in [-0.2, -0.15) is 0 Å². The molecule has 2 rings (SSSR count). The van der Waals surface area contributed by atoms with Crippen molar-refractivity contribution in [3.8, 4) is 5.88 Å². The maximum absolute atomic E-state index is 12.4.